The molecule has 0 fully saturated rings. The first-order valence-corrected chi connectivity index (χ1v) is 7.16. The van der Waals surface area contributed by atoms with Crippen molar-refractivity contribution in [2.45, 2.75) is 25.2 Å². The fourth-order valence-corrected chi connectivity index (χ4v) is 2.34. The number of nitrogens with two attached hydrogens (primary N) is 1. The van der Waals surface area contributed by atoms with E-state index in [1.807, 2.05) is 24.3 Å². The maximum atomic E-state index is 13.0. The number of rotatable bonds is 6. The van der Waals surface area contributed by atoms with Crippen molar-refractivity contribution < 1.29 is 18.4 Å². The first-order chi connectivity index (χ1) is 10.4. The summed E-state index contributed by atoms with van der Waals surface area (Å²) in [6.07, 6.45) is 1.05. The zero-order valence-electron chi connectivity index (χ0n) is 12.1. The van der Waals surface area contributed by atoms with Gasteiger partial charge in [0.25, 0.3) is 5.92 Å². The van der Waals surface area contributed by atoms with Crippen LogP contribution < -0.4 is 16.0 Å². The summed E-state index contributed by atoms with van der Waals surface area (Å²) < 4.78 is 25.9. The van der Waals surface area contributed by atoms with Crippen molar-refractivity contribution >= 4 is 17.5 Å². The molecule has 22 heavy (non-hydrogen) atoms. The van der Waals surface area contributed by atoms with E-state index < -0.39 is 24.9 Å². The highest BCUT2D eigenvalue weighted by Crippen LogP contribution is 2.27. The molecule has 0 saturated heterocycles. The van der Waals surface area contributed by atoms with Crippen LogP contribution in [0.15, 0.2) is 24.3 Å². The molecule has 0 atom stereocenters. The fraction of sp³-hybridized carbons (Fsp3) is 0.467. The molecule has 0 bridgehead atoms. The predicted molar refractivity (Wildman–Crippen MR) is 78.7 cm³/mol. The van der Waals surface area contributed by atoms with Gasteiger partial charge in [-0.3, -0.25) is 9.59 Å². The molecule has 1 heterocycles. The lowest BCUT2D eigenvalue weighted by molar-refractivity contribution is -0.122. The Morgan fingerprint density at radius 1 is 1.32 bits per heavy atom. The predicted octanol–water partition coefficient (Wildman–Crippen LogP) is 1.07. The van der Waals surface area contributed by atoms with E-state index in [0.29, 0.717) is 12.8 Å². The number of nitrogens with one attached hydrogen (secondary N) is 1. The number of hydrogen-bond acceptors (Lipinski definition) is 3. The highest BCUT2D eigenvalue weighted by atomic mass is 19.3. The molecule has 0 aromatic heterocycles. The number of para-hydroxylation sites is 1. The lowest BCUT2D eigenvalue weighted by Crippen LogP contribution is -2.43. The monoisotopic (exact) mass is 311 g/mol. The molecule has 1 aliphatic rings. The molecule has 1 aromatic rings. The Hall–Kier alpha value is -2.02. The molecule has 2 rings (SSSR count). The van der Waals surface area contributed by atoms with Gasteiger partial charge >= 0.3 is 0 Å². The lowest BCUT2D eigenvalue weighted by atomic mass is 10.0. The normalized spacial score (nSPS) is 14.7. The zero-order chi connectivity index (χ0) is 16.2. The average Bonchev–Trinajstić information content (AvgIpc) is 2.52. The number of carbonyl (C=O) groups excluding carboxylic acids is 2. The van der Waals surface area contributed by atoms with Crippen molar-refractivity contribution in [2.24, 2.45) is 5.73 Å². The number of nitrogens with zero attached hydrogens (tertiary/aromatic N) is 1. The number of benzene rings is 1. The van der Waals surface area contributed by atoms with Crippen LogP contribution in [-0.2, 0) is 16.0 Å². The van der Waals surface area contributed by atoms with Gasteiger partial charge in [-0.1, -0.05) is 18.2 Å². The highest BCUT2D eigenvalue weighted by molar-refractivity contribution is 5.96. The molecule has 3 N–H and O–H groups in total. The number of fused-ring (bicyclic) bond motifs is 1. The van der Waals surface area contributed by atoms with E-state index in [0.717, 1.165) is 11.3 Å². The largest absolute Gasteiger partial charge is 0.350 e. The average molecular weight is 311 g/mol. The van der Waals surface area contributed by atoms with Crippen LogP contribution in [0.4, 0.5) is 14.5 Å². The van der Waals surface area contributed by atoms with E-state index in [9.17, 15) is 18.4 Å². The molecule has 2 amide bonds. The molecule has 0 aliphatic carbocycles. The summed E-state index contributed by atoms with van der Waals surface area (Å²) in [6.45, 7) is -1.42. The van der Waals surface area contributed by atoms with Crippen molar-refractivity contribution in [2.75, 3.05) is 24.5 Å². The summed E-state index contributed by atoms with van der Waals surface area (Å²) in [5, 5.41) is 2.15. The van der Waals surface area contributed by atoms with Gasteiger partial charge in [0.2, 0.25) is 11.8 Å². The summed E-state index contributed by atoms with van der Waals surface area (Å²) in [5.41, 5.74) is 6.74. The molecule has 5 nitrogen and oxygen atoms in total. The van der Waals surface area contributed by atoms with E-state index in [-0.39, 0.29) is 18.9 Å². The van der Waals surface area contributed by atoms with Crippen molar-refractivity contribution in [1.29, 1.82) is 0 Å². The minimum Gasteiger partial charge on any atom is -0.350 e. The third kappa shape index (κ3) is 4.00. The Morgan fingerprint density at radius 2 is 2.05 bits per heavy atom. The smallest absolute Gasteiger partial charge is 0.277 e. The van der Waals surface area contributed by atoms with E-state index in [2.05, 4.69) is 5.32 Å². The lowest BCUT2D eigenvalue weighted by Gasteiger charge is -2.29. The second kappa shape index (κ2) is 6.83. The standard InChI is InChI=1S/C15H19F2N3O2/c16-15(17,9-18)10-19-13(21)7-8-20-12-4-2-1-3-11(12)5-6-14(20)22/h1-4H,5-10,18H2,(H,19,21). The number of anilines is 1. The third-order valence-electron chi connectivity index (χ3n) is 3.60. The molecule has 120 valence electrons. The summed E-state index contributed by atoms with van der Waals surface area (Å²) in [6, 6.07) is 7.49. The van der Waals surface area contributed by atoms with Crippen LogP contribution in [0.25, 0.3) is 0 Å². The Bertz CT molecular complexity index is 563. The molecule has 7 heteroatoms. The number of halogens is 2. The Balaban J connectivity index is 1.91. The Labute approximate surface area is 127 Å². The van der Waals surface area contributed by atoms with Crippen LogP contribution in [0.1, 0.15) is 18.4 Å². The Kier molecular flexibility index (Phi) is 5.07. The van der Waals surface area contributed by atoms with Crippen molar-refractivity contribution in [3.8, 4) is 0 Å². The number of carbonyl (C=O) groups is 2. The van der Waals surface area contributed by atoms with Gasteiger partial charge in [0, 0.05) is 25.1 Å². The maximum Gasteiger partial charge on any atom is 0.277 e. The molecule has 0 spiro atoms. The van der Waals surface area contributed by atoms with Gasteiger partial charge in [0.05, 0.1) is 13.1 Å². The summed E-state index contributed by atoms with van der Waals surface area (Å²) in [7, 11) is 0. The molecule has 1 aromatic carbocycles. The second-order valence-electron chi connectivity index (χ2n) is 5.26. The Morgan fingerprint density at radius 3 is 2.77 bits per heavy atom. The summed E-state index contributed by atoms with van der Waals surface area (Å²) in [4.78, 5) is 25.2. The van der Waals surface area contributed by atoms with Crippen LogP contribution in [-0.4, -0.2) is 37.4 Å². The van der Waals surface area contributed by atoms with Crippen LogP contribution in [0.2, 0.25) is 0 Å². The second-order valence-corrected chi connectivity index (χ2v) is 5.26. The van der Waals surface area contributed by atoms with Gasteiger partial charge in [0.15, 0.2) is 0 Å². The number of amides is 2. The van der Waals surface area contributed by atoms with Crippen molar-refractivity contribution in [1.82, 2.24) is 5.32 Å². The minimum atomic E-state index is -3.11. The number of aryl methyl sites for hydroxylation is 1. The first kappa shape index (κ1) is 16.4. The molecular formula is C15H19F2N3O2. The van der Waals surface area contributed by atoms with Crippen LogP contribution in [0.3, 0.4) is 0 Å². The van der Waals surface area contributed by atoms with Crippen LogP contribution in [0, 0.1) is 0 Å². The van der Waals surface area contributed by atoms with Gasteiger partial charge in [-0.2, -0.15) is 0 Å². The van der Waals surface area contributed by atoms with Crippen molar-refractivity contribution in [3.63, 3.8) is 0 Å². The SMILES string of the molecule is NCC(F)(F)CNC(=O)CCN1C(=O)CCc2ccccc21. The highest BCUT2D eigenvalue weighted by Gasteiger charge is 2.28. The molecule has 0 unspecified atom stereocenters. The van der Waals surface area contributed by atoms with Crippen molar-refractivity contribution in [3.05, 3.63) is 29.8 Å². The van der Waals surface area contributed by atoms with Crippen LogP contribution >= 0.6 is 0 Å². The van der Waals surface area contributed by atoms with Gasteiger partial charge in [-0.25, -0.2) is 8.78 Å². The van der Waals surface area contributed by atoms with E-state index in [1.165, 1.54) is 0 Å². The first-order valence-electron chi connectivity index (χ1n) is 7.16. The van der Waals surface area contributed by atoms with Gasteiger partial charge in [-0.05, 0) is 18.1 Å². The molecule has 1 aliphatic heterocycles. The van der Waals surface area contributed by atoms with E-state index in [4.69, 9.17) is 5.73 Å². The van der Waals surface area contributed by atoms with E-state index >= 15 is 0 Å². The topological polar surface area (TPSA) is 75.4 Å². The summed E-state index contributed by atoms with van der Waals surface area (Å²) >= 11 is 0. The molecule has 0 saturated carbocycles. The summed E-state index contributed by atoms with van der Waals surface area (Å²) in [5.74, 6) is -3.69. The van der Waals surface area contributed by atoms with Crippen LogP contribution in [0.5, 0.6) is 0 Å². The third-order valence-corrected chi connectivity index (χ3v) is 3.60. The quantitative estimate of drug-likeness (QED) is 0.825. The van der Waals surface area contributed by atoms with Gasteiger partial charge < -0.3 is 16.0 Å². The molecule has 0 radical (unpaired) electrons. The fourth-order valence-electron chi connectivity index (χ4n) is 2.34. The van der Waals surface area contributed by atoms with E-state index in [1.54, 1.807) is 4.90 Å². The molecular weight excluding hydrogens is 292 g/mol. The zero-order valence-corrected chi connectivity index (χ0v) is 12.1. The minimum absolute atomic E-state index is 0.0271. The number of alkyl halides is 2. The number of hydrogen-bond donors (Lipinski definition) is 2. The van der Waals surface area contributed by atoms with Gasteiger partial charge in [0.1, 0.15) is 0 Å². The maximum absolute atomic E-state index is 13.0. The van der Waals surface area contributed by atoms with Gasteiger partial charge in [-0.15, -0.1) is 0 Å².